The van der Waals surface area contributed by atoms with E-state index >= 15 is 0 Å². The van der Waals surface area contributed by atoms with Gasteiger partial charge in [-0.15, -0.1) is 0 Å². The molecule has 2 unspecified atom stereocenters. The van der Waals surface area contributed by atoms with Crippen molar-refractivity contribution in [1.82, 2.24) is 4.90 Å². The largest absolute Gasteiger partial charge is 2.00 e. The van der Waals surface area contributed by atoms with Gasteiger partial charge in [-0.1, -0.05) is 13.8 Å². The van der Waals surface area contributed by atoms with E-state index in [4.69, 9.17) is 21.7 Å². The molecule has 140 valence electrons. The molecule has 0 aliphatic rings. The van der Waals surface area contributed by atoms with Crippen molar-refractivity contribution >= 4 is 11.9 Å². The summed E-state index contributed by atoms with van der Waals surface area (Å²) in [6.07, 6.45) is 0.0341. The van der Waals surface area contributed by atoms with Crippen LogP contribution < -0.4 is 21.7 Å². The number of aliphatic hydroxyl groups is 2. The van der Waals surface area contributed by atoms with Crippen LogP contribution in [0.4, 0.5) is 0 Å². The maximum absolute atomic E-state index is 10.4. The summed E-state index contributed by atoms with van der Waals surface area (Å²) in [5.74, 6) is -4.65. The minimum absolute atomic E-state index is 0. The van der Waals surface area contributed by atoms with Crippen molar-refractivity contribution in [1.29, 1.82) is 0 Å². The molecule has 23 heavy (non-hydrogen) atoms. The third-order valence-corrected chi connectivity index (χ3v) is 3.17. The van der Waals surface area contributed by atoms with Crippen LogP contribution in [-0.4, -0.2) is 72.0 Å². The molecule has 0 amide bonds. The van der Waals surface area contributed by atoms with Crippen LogP contribution >= 0.6 is 0 Å². The average Bonchev–Trinajstić information content (AvgIpc) is 2.49. The fourth-order valence-corrected chi connectivity index (χ4v) is 1.45. The molecule has 0 aliphatic heterocycles. The summed E-state index contributed by atoms with van der Waals surface area (Å²) in [5.41, 5.74) is 10.4. The van der Waals surface area contributed by atoms with E-state index in [1.165, 1.54) is 0 Å². The molecule has 0 heterocycles. The van der Waals surface area contributed by atoms with Crippen LogP contribution in [0.1, 0.15) is 20.3 Å². The number of carbonyl (C=O) groups excluding carboxylic acids is 2. The number of aliphatic hydroxyl groups excluding tert-OH is 2. The minimum Gasteiger partial charge on any atom is -0.549 e. The van der Waals surface area contributed by atoms with Gasteiger partial charge in [0.1, 0.15) is 0 Å². The Morgan fingerprint density at radius 3 is 1.57 bits per heavy atom. The number of hydrogen-bond donors (Lipinski definition) is 4. The second-order valence-corrected chi connectivity index (χ2v) is 4.70. The number of nitrogens with two attached hydrogens (primary N) is 2. The third kappa shape index (κ3) is 13.6. The van der Waals surface area contributed by atoms with Gasteiger partial charge in [-0.25, -0.2) is 0 Å². The molecular formula is C13H27N3O6Pt. The number of hydrogen-bond acceptors (Lipinski definition) is 9. The van der Waals surface area contributed by atoms with E-state index in [0.717, 1.165) is 13.1 Å². The van der Waals surface area contributed by atoms with Crippen LogP contribution in [0.5, 0.6) is 0 Å². The van der Waals surface area contributed by atoms with Gasteiger partial charge < -0.3 is 46.4 Å². The predicted molar refractivity (Wildman–Crippen MR) is 76.0 cm³/mol. The van der Waals surface area contributed by atoms with E-state index < -0.39 is 29.9 Å². The van der Waals surface area contributed by atoms with Crippen molar-refractivity contribution in [2.45, 2.75) is 32.4 Å². The van der Waals surface area contributed by atoms with Gasteiger partial charge in [0.25, 0.3) is 0 Å². The smallest absolute Gasteiger partial charge is 0.549 e. The SMILES string of the molecule is CCN(CC)CCC(C(=O)[O-])C(=O)[O-].NC(CO)C(N)CO.[Pt+2]. The van der Waals surface area contributed by atoms with Crippen molar-refractivity contribution < 1.29 is 51.1 Å². The number of rotatable bonds is 10. The molecule has 0 aromatic rings. The van der Waals surface area contributed by atoms with Crippen LogP contribution in [0.15, 0.2) is 0 Å². The molecule has 0 radical (unpaired) electrons. The molecule has 0 rings (SSSR count). The molecule has 9 nitrogen and oxygen atoms in total. The fraction of sp³-hybridized carbons (Fsp3) is 0.846. The van der Waals surface area contributed by atoms with Crippen molar-refractivity contribution in [3.05, 3.63) is 0 Å². The van der Waals surface area contributed by atoms with E-state index in [1.54, 1.807) is 0 Å². The van der Waals surface area contributed by atoms with Gasteiger partial charge in [0.05, 0.1) is 25.2 Å². The predicted octanol–water partition coefficient (Wildman–Crippen LogP) is -4.54. The summed E-state index contributed by atoms with van der Waals surface area (Å²) in [6, 6.07) is -1.00. The normalized spacial score (nSPS) is 12.9. The Balaban J connectivity index is -0.000000382. The molecule has 0 spiro atoms. The van der Waals surface area contributed by atoms with Gasteiger partial charge in [0, 0.05) is 18.0 Å². The van der Waals surface area contributed by atoms with E-state index in [2.05, 4.69) is 0 Å². The summed E-state index contributed by atoms with van der Waals surface area (Å²) in [7, 11) is 0. The minimum atomic E-state index is -1.57. The monoisotopic (exact) mass is 516 g/mol. The standard InChI is InChI=1S/C9H17NO4.C4H12N2O2.Pt/c1-3-10(4-2)6-5-7(8(11)12)9(13)14;5-3(1-7)4(6)2-8;/h7H,3-6H2,1-2H3,(H,11,12)(H,13,14);3-4,7-8H,1-2,5-6H2;/q;;+2/p-2. The van der Waals surface area contributed by atoms with Gasteiger partial charge in [0.15, 0.2) is 0 Å². The van der Waals surface area contributed by atoms with E-state index in [1.807, 2.05) is 18.7 Å². The van der Waals surface area contributed by atoms with Crippen molar-refractivity contribution in [3.8, 4) is 0 Å². The number of carbonyl (C=O) groups is 2. The van der Waals surface area contributed by atoms with Crippen LogP contribution in [0.3, 0.4) is 0 Å². The van der Waals surface area contributed by atoms with Gasteiger partial charge in [-0.2, -0.15) is 0 Å². The molecule has 2 atom stereocenters. The first-order chi connectivity index (χ1) is 10.2. The third-order valence-electron chi connectivity index (χ3n) is 3.17. The molecule has 0 bridgehead atoms. The van der Waals surface area contributed by atoms with Gasteiger partial charge >= 0.3 is 21.1 Å². The Bertz CT molecular complexity index is 296. The molecule has 0 fully saturated rings. The van der Waals surface area contributed by atoms with Crippen molar-refractivity contribution in [3.63, 3.8) is 0 Å². The second-order valence-electron chi connectivity index (χ2n) is 4.70. The maximum atomic E-state index is 10.4. The zero-order valence-corrected chi connectivity index (χ0v) is 15.7. The van der Waals surface area contributed by atoms with Crippen LogP contribution in [-0.2, 0) is 30.7 Å². The number of nitrogens with zero attached hydrogens (tertiary/aromatic N) is 1. The van der Waals surface area contributed by atoms with Gasteiger partial charge in [-0.3, -0.25) is 0 Å². The molecule has 0 saturated carbocycles. The Hall–Kier alpha value is -0.572. The van der Waals surface area contributed by atoms with Crippen molar-refractivity contribution in [2.24, 2.45) is 17.4 Å². The Morgan fingerprint density at radius 1 is 1.00 bits per heavy atom. The van der Waals surface area contributed by atoms with E-state index in [0.29, 0.717) is 6.54 Å². The number of aliphatic carboxylic acids is 2. The van der Waals surface area contributed by atoms with E-state index in [-0.39, 0.29) is 40.7 Å². The number of carboxylic acid groups (broad SMARTS) is 2. The first-order valence-electron chi connectivity index (χ1n) is 7.11. The Labute approximate surface area is 150 Å². The average molecular weight is 516 g/mol. The molecule has 0 aromatic carbocycles. The van der Waals surface area contributed by atoms with Crippen LogP contribution in [0.25, 0.3) is 0 Å². The second kappa shape index (κ2) is 16.3. The maximum Gasteiger partial charge on any atom is 2.00 e. The summed E-state index contributed by atoms with van der Waals surface area (Å²) >= 11 is 0. The fourth-order valence-electron chi connectivity index (χ4n) is 1.45. The Kier molecular flexibility index (Phi) is 19.3. The quantitative estimate of drug-likeness (QED) is 0.208. The first-order valence-corrected chi connectivity index (χ1v) is 7.11. The van der Waals surface area contributed by atoms with Gasteiger partial charge in [0.2, 0.25) is 0 Å². The zero-order valence-electron chi connectivity index (χ0n) is 13.4. The summed E-state index contributed by atoms with van der Waals surface area (Å²) in [4.78, 5) is 22.7. The molecule has 0 aliphatic carbocycles. The van der Waals surface area contributed by atoms with E-state index in [9.17, 15) is 19.8 Å². The van der Waals surface area contributed by atoms with Crippen molar-refractivity contribution in [2.75, 3.05) is 32.8 Å². The molecular weight excluding hydrogens is 489 g/mol. The van der Waals surface area contributed by atoms with Crippen LogP contribution in [0.2, 0.25) is 0 Å². The van der Waals surface area contributed by atoms with Gasteiger partial charge in [-0.05, 0) is 26.1 Å². The molecule has 0 aromatic heterocycles. The number of carboxylic acids is 2. The summed E-state index contributed by atoms with van der Waals surface area (Å²) in [5, 5.41) is 37.4. The topological polar surface area (TPSA) is 176 Å². The molecule has 10 heteroatoms. The van der Waals surface area contributed by atoms with Crippen LogP contribution in [0, 0.1) is 5.92 Å². The molecule has 0 saturated heterocycles. The first kappa shape index (κ1) is 27.3. The summed E-state index contributed by atoms with van der Waals surface area (Å²) < 4.78 is 0. The Morgan fingerprint density at radius 2 is 1.35 bits per heavy atom. The summed E-state index contributed by atoms with van der Waals surface area (Å²) in [6.45, 7) is 5.46. The zero-order chi connectivity index (χ0) is 17.7. The molecule has 6 N–H and O–H groups in total.